The molecule has 2 amide bonds. The predicted molar refractivity (Wildman–Crippen MR) is 77.7 cm³/mol. The van der Waals surface area contributed by atoms with Crippen molar-refractivity contribution < 1.29 is 19.8 Å². The number of rotatable bonds is 9. The molecule has 118 valence electrons. The van der Waals surface area contributed by atoms with Gasteiger partial charge in [-0.1, -0.05) is 0 Å². The molecule has 0 saturated heterocycles. The van der Waals surface area contributed by atoms with Crippen LogP contribution in [0.15, 0.2) is 0 Å². The van der Waals surface area contributed by atoms with Crippen LogP contribution in [-0.2, 0) is 4.79 Å². The van der Waals surface area contributed by atoms with E-state index in [1.54, 1.807) is 9.80 Å². The molecule has 0 unspecified atom stereocenters. The van der Waals surface area contributed by atoms with E-state index in [9.17, 15) is 9.59 Å². The maximum absolute atomic E-state index is 12.5. The number of urea groups is 1. The van der Waals surface area contributed by atoms with Gasteiger partial charge in [0, 0.05) is 38.2 Å². The van der Waals surface area contributed by atoms with E-state index in [-0.39, 0.29) is 31.1 Å². The summed E-state index contributed by atoms with van der Waals surface area (Å²) in [5.41, 5.74) is 0. The van der Waals surface area contributed by atoms with E-state index in [1.165, 1.54) is 0 Å². The number of carbonyl (C=O) groups is 2. The van der Waals surface area contributed by atoms with Crippen molar-refractivity contribution in [1.82, 2.24) is 9.80 Å². The molecular formula is C14H28N2O4. The number of aliphatic carboxylic acids is 1. The van der Waals surface area contributed by atoms with E-state index in [0.29, 0.717) is 25.9 Å². The maximum Gasteiger partial charge on any atom is 0.320 e. The fourth-order valence-electron chi connectivity index (χ4n) is 1.96. The summed E-state index contributed by atoms with van der Waals surface area (Å²) in [6.07, 6.45) is 1.06. The van der Waals surface area contributed by atoms with Gasteiger partial charge >= 0.3 is 12.0 Å². The molecule has 0 heterocycles. The Balaban J connectivity index is 4.68. The largest absolute Gasteiger partial charge is 0.481 e. The zero-order valence-electron chi connectivity index (χ0n) is 13.0. The molecular weight excluding hydrogens is 260 g/mol. The summed E-state index contributed by atoms with van der Waals surface area (Å²) in [7, 11) is 0. The Kier molecular flexibility index (Phi) is 8.96. The average molecular weight is 288 g/mol. The molecule has 0 bridgehead atoms. The molecule has 0 spiro atoms. The third-order valence-corrected chi connectivity index (χ3v) is 3.08. The van der Waals surface area contributed by atoms with Crippen LogP contribution in [0.5, 0.6) is 0 Å². The molecule has 6 nitrogen and oxygen atoms in total. The molecule has 0 aliphatic heterocycles. The minimum Gasteiger partial charge on any atom is -0.481 e. The molecule has 0 atom stereocenters. The number of hydrogen-bond donors (Lipinski definition) is 2. The Labute approximate surface area is 121 Å². The summed E-state index contributed by atoms with van der Waals surface area (Å²) < 4.78 is 0. The lowest BCUT2D eigenvalue weighted by atomic mass is 10.2. The van der Waals surface area contributed by atoms with Crippen LogP contribution in [0.25, 0.3) is 0 Å². The summed E-state index contributed by atoms with van der Waals surface area (Å²) in [6, 6.07) is -0.0183. The molecule has 0 aromatic carbocycles. The van der Waals surface area contributed by atoms with Crippen molar-refractivity contribution in [3.05, 3.63) is 0 Å². The number of carbonyl (C=O) groups excluding carboxylic acids is 1. The Bertz CT molecular complexity index is 306. The van der Waals surface area contributed by atoms with Crippen molar-refractivity contribution in [1.29, 1.82) is 0 Å². The molecule has 0 aliphatic carbocycles. The molecule has 2 N–H and O–H groups in total. The van der Waals surface area contributed by atoms with E-state index in [2.05, 4.69) is 0 Å². The molecule has 0 fully saturated rings. The molecule has 0 radical (unpaired) electrons. The van der Waals surface area contributed by atoms with Gasteiger partial charge in [-0.2, -0.15) is 0 Å². The van der Waals surface area contributed by atoms with Gasteiger partial charge in [-0.15, -0.1) is 0 Å². The standard InChI is InChI=1S/C14H28N2O4/c1-11(2)15(8-5-7-13(18)19)14(20)16(12(3)4)9-6-10-17/h11-12,17H,5-10H2,1-4H3,(H,18,19). The van der Waals surface area contributed by atoms with Crippen LogP contribution in [-0.4, -0.2) is 63.8 Å². The van der Waals surface area contributed by atoms with Crippen LogP contribution >= 0.6 is 0 Å². The monoisotopic (exact) mass is 288 g/mol. The van der Waals surface area contributed by atoms with Crippen LogP contribution < -0.4 is 0 Å². The number of amides is 2. The fraction of sp³-hybridized carbons (Fsp3) is 0.857. The van der Waals surface area contributed by atoms with Crippen molar-refractivity contribution in [2.24, 2.45) is 0 Å². The van der Waals surface area contributed by atoms with Crippen LogP contribution in [0.2, 0.25) is 0 Å². The van der Waals surface area contributed by atoms with Crippen LogP contribution in [0.4, 0.5) is 4.79 Å². The highest BCUT2D eigenvalue weighted by atomic mass is 16.4. The smallest absolute Gasteiger partial charge is 0.320 e. The minimum absolute atomic E-state index is 0.0201. The average Bonchev–Trinajstić information content (AvgIpc) is 2.33. The van der Waals surface area contributed by atoms with Gasteiger partial charge in [0.05, 0.1) is 0 Å². The first-order chi connectivity index (χ1) is 9.31. The van der Waals surface area contributed by atoms with E-state index in [0.717, 1.165) is 0 Å². The number of hydrogen-bond acceptors (Lipinski definition) is 3. The maximum atomic E-state index is 12.5. The minimum atomic E-state index is -0.845. The van der Waals surface area contributed by atoms with Crippen molar-refractivity contribution >= 4 is 12.0 Å². The lowest BCUT2D eigenvalue weighted by Crippen LogP contribution is -2.49. The van der Waals surface area contributed by atoms with Crippen molar-refractivity contribution in [2.45, 2.75) is 59.0 Å². The normalized spacial score (nSPS) is 10.9. The van der Waals surface area contributed by atoms with Gasteiger partial charge in [0.1, 0.15) is 0 Å². The first kappa shape index (κ1) is 18.7. The van der Waals surface area contributed by atoms with Crippen molar-refractivity contribution in [3.8, 4) is 0 Å². The molecule has 0 aromatic rings. The van der Waals surface area contributed by atoms with Crippen molar-refractivity contribution in [2.75, 3.05) is 19.7 Å². The van der Waals surface area contributed by atoms with E-state index >= 15 is 0 Å². The molecule has 0 aliphatic rings. The first-order valence-corrected chi connectivity index (χ1v) is 7.21. The third-order valence-electron chi connectivity index (χ3n) is 3.08. The second-order valence-corrected chi connectivity index (χ2v) is 5.43. The second kappa shape index (κ2) is 9.58. The lowest BCUT2D eigenvalue weighted by Gasteiger charge is -2.35. The van der Waals surface area contributed by atoms with Gasteiger partial charge in [-0.3, -0.25) is 4.79 Å². The Morgan fingerprint density at radius 2 is 1.40 bits per heavy atom. The lowest BCUT2D eigenvalue weighted by molar-refractivity contribution is -0.137. The van der Waals surface area contributed by atoms with E-state index < -0.39 is 5.97 Å². The third kappa shape index (κ3) is 6.75. The molecule has 0 rings (SSSR count). The highest BCUT2D eigenvalue weighted by Crippen LogP contribution is 2.10. The van der Waals surface area contributed by atoms with Gasteiger partial charge in [0.2, 0.25) is 0 Å². The van der Waals surface area contributed by atoms with Crippen molar-refractivity contribution in [3.63, 3.8) is 0 Å². The highest BCUT2D eigenvalue weighted by molar-refractivity contribution is 5.75. The molecule has 20 heavy (non-hydrogen) atoms. The Hall–Kier alpha value is -1.30. The number of carboxylic acids is 1. The van der Waals surface area contributed by atoms with Gasteiger partial charge in [-0.25, -0.2) is 4.79 Å². The highest BCUT2D eigenvalue weighted by Gasteiger charge is 2.24. The van der Waals surface area contributed by atoms with Crippen LogP contribution in [0.1, 0.15) is 47.0 Å². The number of carboxylic acid groups (broad SMARTS) is 1. The quantitative estimate of drug-likeness (QED) is 0.677. The van der Waals surface area contributed by atoms with Gasteiger partial charge in [0.25, 0.3) is 0 Å². The summed E-state index contributed by atoms with van der Waals surface area (Å²) in [5.74, 6) is -0.845. The van der Waals surface area contributed by atoms with Gasteiger partial charge in [-0.05, 0) is 40.5 Å². The van der Waals surface area contributed by atoms with E-state index in [1.807, 2.05) is 27.7 Å². The number of nitrogens with zero attached hydrogens (tertiary/aromatic N) is 2. The van der Waals surface area contributed by atoms with Crippen LogP contribution in [0.3, 0.4) is 0 Å². The molecule has 0 aromatic heterocycles. The topological polar surface area (TPSA) is 81.1 Å². The SMILES string of the molecule is CC(C)N(CCCO)C(=O)N(CCCC(=O)O)C(C)C. The Morgan fingerprint density at radius 1 is 0.950 bits per heavy atom. The fourth-order valence-corrected chi connectivity index (χ4v) is 1.96. The molecule has 0 saturated carbocycles. The summed E-state index contributed by atoms with van der Waals surface area (Å²) in [6.45, 7) is 8.71. The van der Waals surface area contributed by atoms with Crippen LogP contribution in [0, 0.1) is 0 Å². The summed E-state index contributed by atoms with van der Waals surface area (Å²) >= 11 is 0. The predicted octanol–water partition coefficient (Wildman–Crippen LogP) is 1.77. The van der Waals surface area contributed by atoms with Gasteiger partial charge < -0.3 is 20.0 Å². The molecule has 6 heteroatoms. The summed E-state index contributed by atoms with van der Waals surface area (Å²) in [5, 5.41) is 17.6. The zero-order chi connectivity index (χ0) is 15.7. The number of aliphatic hydroxyl groups excluding tert-OH is 1. The zero-order valence-corrected chi connectivity index (χ0v) is 13.0. The second-order valence-electron chi connectivity index (χ2n) is 5.43. The summed E-state index contributed by atoms with van der Waals surface area (Å²) in [4.78, 5) is 26.5. The Morgan fingerprint density at radius 3 is 1.75 bits per heavy atom. The first-order valence-electron chi connectivity index (χ1n) is 7.21. The number of aliphatic hydroxyl groups is 1. The van der Waals surface area contributed by atoms with Gasteiger partial charge in [0.15, 0.2) is 0 Å². The van der Waals surface area contributed by atoms with E-state index in [4.69, 9.17) is 10.2 Å².